The first-order valence-corrected chi connectivity index (χ1v) is 8.93. The zero-order valence-electron chi connectivity index (χ0n) is 13.1. The minimum atomic E-state index is -3.36. The summed E-state index contributed by atoms with van der Waals surface area (Å²) in [5.74, 6) is 0. The predicted octanol–water partition coefficient (Wildman–Crippen LogP) is 0.839. The Morgan fingerprint density at radius 3 is 2.62 bits per heavy atom. The molecule has 0 unspecified atom stereocenters. The van der Waals surface area contributed by atoms with Crippen molar-refractivity contribution in [2.45, 2.75) is 37.2 Å². The summed E-state index contributed by atoms with van der Waals surface area (Å²) < 4.78 is 26.8. The normalized spacial score (nSPS) is 18.5. The lowest BCUT2D eigenvalue weighted by Gasteiger charge is -2.34. The van der Waals surface area contributed by atoms with E-state index in [1.807, 2.05) is 21.0 Å². The van der Waals surface area contributed by atoms with Gasteiger partial charge in [0.15, 0.2) is 0 Å². The van der Waals surface area contributed by atoms with Gasteiger partial charge in [-0.25, -0.2) is 8.42 Å². The summed E-state index contributed by atoms with van der Waals surface area (Å²) in [5.41, 5.74) is 0.901. The summed E-state index contributed by atoms with van der Waals surface area (Å²) in [6.45, 7) is 4.74. The Morgan fingerprint density at radius 1 is 1.38 bits per heavy atom. The largest absolute Gasteiger partial charge is 0.363 e. The molecule has 0 amide bonds. The topological polar surface area (TPSA) is 68.4 Å². The maximum atomic E-state index is 12.6. The molecule has 0 aliphatic carbocycles. The lowest BCUT2D eigenvalue weighted by atomic mass is 10.1. The Hall–Kier alpha value is -0.890. The van der Waals surface area contributed by atoms with E-state index in [1.165, 1.54) is 0 Å². The summed E-state index contributed by atoms with van der Waals surface area (Å²) in [5, 5.41) is 3.18. The van der Waals surface area contributed by atoms with Gasteiger partial charge in [-0.1, -0.05) is 6.92 Å². The van der Waals surface area contributed by atoms with Gasteiger partial charge in [0.05, 0.1) is 4.90 Å². The van der Waals surface area contributed by atoms with Crippen molar-refractivity contribution in [3.63, 3.8) is 0 Å². The van der Waals surface area contributed by atoms with Gasteiger partial charge in [-0.15, -0.1) is 0 Å². The molecular weight excluding hydrogens is 288 g/mol. The van der Waals surface area contributed by atoms with Crippen molar-refractivity contribution in [1.82, 2.24) is 19.5 Å². The minimum Gasteiger partial charge on any atom is -0.363 e. The Balaban J connectivity index is 2.03. The van der Waals surface area contributed by atoms with Crippen LogP contribution in [0.3, 0.4) is 0 Å². The van der Waals surface area contributed by atoms with E-state index in [4.69, 9.17) is 0 Å². The molecule has 1 aliphatic heterocycles. The molecule has 1 aromatic rings. The first-order chi connectivity index (χ1) is 9.95. The molecule has 2 N–H and O–H groups in total. The van der Waals surface area contributed by atoms with E-state index in [0.29, 0.717) is 30.6 Å². The van der Waals surface area contributed by atoms with Crippen LogP contribution in [0.4, 0.5) is 0 Å². The van der Waals surface area contributed by atoms with E-state index in [1.54, 1.807) is 16.6 Å². The Kier molecular flexibility index (Phi) is 5.43. The third kappa shape index (κ3) is 3.85. The monoisotopic (exact) mass is 314 g/mol. The molecule has 0 atom stereocenters. The minimum absolute atomic E-state index is 0.374. The molecule has 0 bridgehead atoms. The molecule has 1 saturated heterocycles. The van der Waals surface area contributed by atoms with Crippen LogP contribution < -0.4 is 5.32 Å². The number of piperidine rings is 1. The second-order valence-corrected chi connectivity index (χ2v) is 7.68. The van der Waals surface area contributed by atoms with Crippen molar-refractivity contribution in [2.75, 3.05) is 33.7 Å². The first kappa shape index (κ1) is 16.5. The van der Waals surface area contributed by atoms with Crippen molar-refractivity contribution in [3.8, 4) is 0 Å². The van der Waals surface area contributed by atoms with Gasteiger partial charge >= 0.3 is 0 Å². The number of nitrogens with one attached hydrogen (secondary N) is 2. The van der Waals surface area contributed by atoms with E-state index < -0.39 is 10.0 Å². The highest BCUT2D eigenvalue weighted by molar-refractivity contribution is 7.89. The average Bonchev–Trinajstić information content (AvgIpc) is 2.94. The van der Waals surface area contributed by atoms with Gasteiger partial charge in [0.2, 0.25) is 10.0 Å². The SMILES string of the molecule is CCNCc1cc(S(=O)(=O)N2CCC(N(C)C)CC2)c[nH]1. The maximum absolute atomic E-state index is 12.6. The molecule has 0 saturated carbocycles. The fourth-order valence-corrected chi connectivity index (χ4v) is 4.17. The van der Waals surface area contributed by atoms with Crippen LogP contribution >= 0.6 is 0 Å². The third-order valence-electron chi connectivity index (χ3n) is 4.07. The number of hydrogen-bond acceptors (Lipinski definition) is 4. The van der Waals surface area contributed by atoms with E-state index in [2.05, 4.69) is 15.2 Å². The molecule has 1 aromatic heterocycles. The predicted molar refractivity (Wildman–Crippen MR) is 83.6 cm³/mol. The highest BCUT2D eigenvalue weighted by Crippen LogP contribution is 2.22. The van der Waals surface area contributed by atoms with Crippen LogP contribution in [0, 0.1) is 0 Å². The van der Waals surface area contributed by atoms with Gasteiger partial charge in [-0.05, 0) is 39.5 Å². The van der Waals surface area contributed by atoms with Crippen molar-refractivity contribution in [1.29, 1.82) is 0 Å². The van der Waals surface area contributed by atoms with Crippen molar-refractivity contribution in [3.05, 3.63) is 18.0 Å². The van der Waals surface area contributed by atoms with Crippen LogP contribution in [0.1, 0.15) is 25.5 Å². The van der Waals surface area contributed by atoms with Gasteiger partial charge < -0.3 is 15.2 Å². The van der Waals surface area contributed by atoms with Crippen LogP contribution in [0.5, 0.6) is 0 Å². The molecule has 0 aromatic carbocycles. The van der Waals surface area contributed by atoms with Gasteiger partial charge in [0, 0.05) is 37.6 Å². The number of aromatic nitrogens is 1. The standard InChI is InChI=1S/C14H26N4O2S/c1-4-15-10-12-9-14(11-16-12)21(19,20)18-7-5-13(6-8-18)17(2)3/h9,11,13,15-16H,4-8,10H2,1-3H3. The second kappa shape index (κ2) is 6.91. The van der Waals surface area contributed by atoms with E-state index >= 15 is 0 Å². The summed E-state index contributed by atoms with van der Waals surface area (Å²) in [6, 6.07) is 2.21. The molecular formula is C14H26N4O2S. The van der Waals surface area contributed by atoms with Crippen LogP contribution in [0.15, 0.2) is 17.2 Å². The van der Waals surface area contributed by atoms with Gasteiger partial charge in [0.25, 0.3) is 0 Å². The molecule has 0 spiro atoms. The fourth-order valence-electron chi connectivity index (χ4n) is 2.68. The van der Waals surface area contributed by atoms with E-state index in [9.17, 15) is 8.42 Å². The highest BCUT2D eigenvalue weighted by Gasteiger charge is 2.30. The first-order valence-electron chi connectivity index (χ1n) is 7.49. The van der Waals surface area contributed by atoms with Gasteiger partial charge in [-0.2, -0.15) is 4.31 Å². The van der Waals surface area contributed by atoms with Crippen LogP contribution in [-0.4, -0.2) is 62.4 Å². The molecule has 2 heterocycles. The Labute approximate surface area is 127 Å². The summed E-state index contributed by atoms with van der Waals surface area (Å²) in [4.78, 5) is 5.59. The van der Waals surface area contributed by atoms with Crippen LogP contribution in [-0.2, 0) is 16.6 Å². The van der Waals surface area contributed by atoms with Crippen molar-refractivity contribution >= 4 is 10.0 Å². The fraction of sp³-hybridized carbons (Fsp3) is 0.714. The number of sulfonamides is 1. The van der Waals surface area contributed by atoms with E-state index in [-0.39, 0.29) is 0 Å². The number of H-pyrrole nitrogens is 1. The van der Waals surface area contributed by atoms with Crippen molar-refractivity contribution < 1.29 is 8.42 Å². The number of nitrogens with zero attached hydrogens (tertiary/aromatic N) is 2. The Bertz CT molecular complexity index is 545. The summed E-state index contributed by atoms with van der Waals surface area (Å²) in [6.07, 6.45) is 3.38. The lowest BCUT2D eigenvalue weighted by molar-refractivity contribution is 0.196. The molecule has 21 heavy (non-hydrogen) atoms. The molecule has 1 aliphatic rings. The second-order valence-electron chi connectivity index (χ2n) is 5.74. The zero-order valence-corrected chi connectivity index (χ0v) is 13.9. The summed E-state index contributed by atoms with van der Waals surface area (Å²) in [7, 11) is 0.740. The van der Waals surface area contributed by atoms with Gasteiger partial charge in [0.1, 0.15) is 0 Å². The van der Waals surface area contributed by atoms with E-state index in [0.717, 1.165) is 25.1 Å². The zero-order chi connectivity index (χ0) is 15.5. The average molecular weight is 314 g/mol. The lowest BCUT2D eigenvalue weighted by Crippen LogP contribution is -2.44. The maximum Gasteiger partial charge on any atom is 0.244 e. The highest BCUT2D eigenvalue weighted by atomic mass is 32.2. The molecule has 2 rings (SSSR count). The summed E-state index contributed by atoms with van der Waals surface area (Å²) >= 11 is 0. The number of rotatable bonds is 6. The molecule has 1 fully saturated rings. The third-order valence-corrected chi connectivity index (χ3v) is 5.95. The number of aromatic amines is 1. The van der Waals surface area contributed by atoms with Crippen LogP contribution in [0.25, 0.3) is 0 Å². The molecule has 120 valence electrons. The quantitative estimate of drug-likeness (QED) is 0.816. The van der Waals surface area contributed by atoms with Crippen LogP contribution in [0.2, 0.25) is 0 Å². The Morgan fingerprint density at radius 2 is 2.05 bits per heavy atom. The molecule has 0 radical (unpaired) electrons. The molecule has 7 heteroatoms. The van der Waals surface area contributed by atoms with Crippen molar-refractivity contribution in [2.24, 2.45) is 0 Å². The van der Waals surface area contributed by atoms with Gasteiger partial charge in [-0.3, -0.25) is 0 Å². The molecule has 6 nitrogen and oxygen atoms in total. The number of hydrogen-bond donors (Lipinski definition) is 2. The smallest absolute Gasteiger partial charge is 0.244 e.